The summed E-state index contributed by atoms with van der Waals surface area (Å²) in [5, 5.41) is 8.35. The van der Waals surface area contributed by atoms with E-state index in [-0.39, 0.29) is 12.1 Å². The van der Waals surface area contributed by atoms with Crippen LogP contribution in [0.2, 0.25) is 0 Å². The van der Waals surface area contributed by atoms with Crippen molar-refractivity contribution in [2.24, 2.45) is 0 Å². The van der Waals surface area contributed by atoms with Crippen LogP contribution in [0, 0.1) is 5.82 Å². The van der Waals surface area contributed by atoms with Crippen molar-refractivity contribution in [3.63, 3.8) is 0 Å². The van der Waals surface area contributed by atoms with Crippen molar-refractivity contribution in [2.75, 3.05) is 0 Å². The van der Waals surface area contributed by atoms with Gasteiger partial charge in [0.15, 0.2) is 0 Å². The summed E-state index contributed by atoms with van der Waals surface area (Å²) in [7, 11) is 0. The van der Waals surface area contributed by atoms with Gasteiger partial charge < -0.3 is 5.11 Å². The topological polar surface area (TPSA) is 37.3 Å². The Morgan fingerprint density at radius 3 is 1.95 bits per heavy atom. The number of rotatable bonds is 2. The summed E-state index contributed by atoms with van der Waals surface area (Å²) < 4.78 is 87.7. The van der Waals surface area contributed by atoms with Crippen molar-refractivity contribution in [1.29, 1.82) is 0 Å². The Kier molecular flexibility index (Phi) is 3.78. The molecule has 0 saturated heterocycles. The third-order valence-corrected chi connectivity index (χ3v) is 2.16. The highest BCUT2D eigenvalue weighted by Crippen LogP contribution is 2.38. The summed E-state index contributed by atoms with van der Waals surface area (Å²) in [5.74, 6) is -3.64. The van der Waals surface area contributed by atoms with E-state index in [0.717, 1.165) is 0 Å². The van der Waals surface area contributed by atoms with Crippen molar-refractivity contribution in [2.45, 2.75) is 18.8 Å². The molecule has 0 bridgehead atoms. The molecule has 0 fully saturated rings. The summed E-state index contributed by atoms with van der Waals surface area (Å²) in [5.41, 5.74) is -5.10. The van der Waals surface area contributed by atoms with Gasteiger partial charge >= 0.3 is 18.3 Å². The van der Waals surface area contributed by atoms with Crippen molar-refractivity contribution in [3.8, 4) is 0 Å². The van der Waals surface area contributed by atoms with Crippen molar-refractivity contribution in [1.82, 2.24) is 0 Å². The van der Waals surface area contributed by atoms with E-state index in [9.17, 15) is 35.5 Å². The SMILES string of the molecule is O=C(O)Cc1c(F)cc(C(F)(F)F)cc1C(F)(F)F. The average molecular weight is 290 g/mol. The van der Waals surface area contributed by atoms with E-state index in [1.807, 2.05) is 0 Å². The van der Waals surface area contributed by atoms with Crippen molar-refractivity contribution >= 4 is 5.97 Å². The maximum absolute atomic E-state index is 13.3. The van der Waals surface area contributed by atoms with Crippen LogP contribution in [0.3, 0.4) is 0 Å². The molecule has 0 aliphatic carbocycles. The van der Waals surface area contributed by atoms with Crippen molar-refractivity contribution in [3.05, 3.63) is 34.6 Å². The van der Waals surface area contributed by atoms with Crippen LogP contribution in [0.15, 0.2) is 12.1 Å². The van der Waals surface area contributed by atoms with Crippen LogP contribution in [0.25, 0.3) is 0 Å². The summed E-state index contributed by atoms with van der Waals surface area (Å²) in [6.07, 6.45) is -11.8. The first-order chi connectivity index (χ1) is 8.43. The summed E-state index contributed by atoms with van der Waals surface area (Å²) >= 11 is 0. The fraction of sp³-hybridized carbons (Fsp3) is 0.300. The van der Waals surface area contributed by atoms with Gasteiger partial charge in [0.05, 0.1) is 17.5 Å². The maximum atomic E-state index is 13.3. The lowest BCUT2D eigenvalue weighted by Crippen LogP contribution is -2.17. The zero-order valence-corrected chi connectivity index (χ0v) is 8.86. The van der Waals surface area contributed by atoms with Crippen molar-refractivity contribution < 1.29 is 40.6 Å². The number of carboxylic acids is 1. The molecule has 0 amide bonds. The van der Waals surface area contributed by atoms with Crippen LogP contribution in [0.4, 0.5) is 30.7 Å². The quantitative estimate of drug-likeness (QED) is 0.846. The van der Waals surface area contributed by atoms with E-state index >= 15 is 0 Å². The van der Waals surface area contributed by atoms with E-state index in [0.29, 0.717) is 0 Å². The van der Waals surface area contributed by atoms with Gasteiger partial charge in [-0.05, 0) is 12.1 Å². The Labute approximate surface area is 101 Å². The summed E-state index contributed by atoms with van der Waals surface area (Å²) in [6.45, 7) is 0. The number of carboxylic acid groups (broad SMARTS) is 1. The van der Waals surface area contributed by atoms with Crippen LogP contribution in [0.1, 0.15) is 16.7 Å². The highest BCUT2D eigenvalue weighted by Gasteiger charge is 2.40. The third-order valence-electron chi connectivity index (χ3n) is 2.16. The number of hydrogen-bond donors (Lipinski definition) is 1. The molecule has 0 atom stereocenters. The normalized spacial score (nSPS) is 12.6. The average Bonchev–Trinajstić information content (AvgIpc) is 2.16. The second-order valence-electron chi connectivity index (χ2n) is 3.55. The first-order valence-electron chi connectivity index (χ1n) is 4.61. The second-order valence-corrected chi connectivity index (χ2v) is 3.55. The van der Waals surface area contributed by atoms with Gasteiger partial charge in [-0.25, -0.2) is 4.39 Å². The van der Waals surface area contributed by atoms with E-state index in [1.54, 1.807) is 0 Å². The highest BCUT2D eigenvalue weighted by atomic mass is 19.4. The zero-order chi connectivity index (χ0) is 15.0. The molecule has 0 radical (unpaired) electrons. The van der Waals surface area contributed by atoms with Gasteiger partial charge in [0.1, 0.15) is 5.82 Å². The van der Waals surface area contributed by atoms with E-state index in [1.165, 1.54) is 0 Å². The summed E-state index contributed by atoms with van der Waals surface area (Å²) in [6, 6.07) is -0.463. The smallest absolute Gasteiger partial charge is 0.416 e. The van der Waals surface area contributed by atoms with Crippen LogP contribution < -0.4 is 0 Å². The van der Waals surface area contributed by atoms with Crippen LogP contribution >= 0.6 is 0 Å². The fourth-order valence-corrected chi connectivity index (χ4v) is 1.38. The van der Waals surface area contributed by atoms with E-state index in [2.05, 4.69) is 0 Å². The van der Waals surface area contributed by atoms with Gasteiger partial charge in [-0.1, -0.05) is 0 Å². The minimum atomic E-state index is -5.28. The standard InChI is InChI=1S/C10H5F7O2/c11-7-2-4(9(12,13)14)1-6(10(15,16)17)5(7)3-8(18)19/h1-2H,3H2,(H,18,19). The first-order valence-corrected chi connectivity index (χ1v) is 4.61. The predicted octanol–water partition coefficient (Wildman–Crippen LogP) is 3.49. The molecule has 1 N–H and O–H groups in total. The molecule has 0 heterocycles. The molecule has 1 aromatic rings. The minimum absolute atomic E-state index is 0.159. The zero-order valence-electron chi connectivity index (χ0n) is 8.86. The van der Waals surface area contributed by atoms with E-state index < -0.39 is 47.3 Å². The Morgan fingerprint density at radius 1 is 1.05 bits per heavy atom. The number of benzene rings is 1. The molecule has 0 unspecified atom stereocenters. The largest absolute Gasteiger partial charge is 0.481 e. The van der Waals surface area contributed by atoms with Crippen LogP contribution in [0.5, 0.6) is 0 Å². The number of carbonyl (C=O) groups is 1. The van der Waals surface area contributed by atoms with Gasteiger partial charge in [-0.3, -0.25) is 4.79 Å². The molecule has 0 saturated carbocycles. The predicted molar refractivity (Wildman–Crippen MR) is 47.7 cm³/mol. The van der Waals surface area contributed by atoms with Gasteiger partial charge in [0.25, 0.3) is 0 Å². The molecule has 9 heteroatoms. The minimum Gasteiger partial charge on any atom is -0.481 e. The molecule has 1 aromatic carbocycles. The lowest BCUT2D eigenvalue weighted by atomic mass is 10.00. The molecule has 0 aliphatic rings. The molecule has 0 aliphatic heterocycles. The lowest BCUT2D eigenvalue weighted by Gasteiger charge is -2.16. The monoisotopic (exact) mass is 290 g/mol. The summed E-state index contributed by atoms with van der Waals surface area (Å²) in [4.78, 5) is 10.3. The van der Waals surface area contributed by atoms with Gasteiger partial charge in [0.2, 0.25) is 0 Å². The Hall–Kier alpha value is -1.80. The Bertz CT molecular complexity index is 502. The molecule has 19 heavy (non-hydrogen) atoms. The molecular weight excluding hydrogens is 285 g/mol. The third kappa shape index (κ3) is 3.58. The second kappa shape index (κ2) is 4.71. The Morgan fingerprint density at radius 2 is 1.58 bits per heavy atom. The lowest BCUT2D eigenvalue weighted by molar-refractivity contribution is -0.144. The molecule has 106 valence electrons. The first kappa shape index (κ1) is 15.3. The number of alkyl halides is 6. The van der Waals surface area contributed by atoms with Crippen LogP contribution in [-0.2, 0) is 23.6 Å². The highest BCUT2D eigenvalue weighted by molar-refractivity contribution is 5.71. The Balaban J connectivity index is 3.52. The number of halogens is 7. The molecule has 2 nitrogen and oxygen atoms in total. The van der Waals surface area contributed by atoms with Crippen LogP contribution in [-0.4, -0.2) is 11.1 Å². The van der Waals surface area contributed by atoms with Gasteiger partial charge in [-0.2, -0.15) is 26.3 Å². The van der Waals surface area contributed by atoms with E-state index in [4.69, 9.17) is 5.11 Å². The molecule has 0 spiro atoms. The van der Waals surface area contributed by atoms with Gasteiger partial charge in [0, 0.05) is 5.56 Å². The number of aliphatic carboxylic acids is 1. The number of hydrogen-bond acceptors (Lipinski definition) is 1. The fourth-order valence-electron chi connectivity index (χ4n) is 1.38. The molecule has 0 aromatic heterocycles. The molecular formula is C10H5F7O2. The maximum Gasteiger partial charge on any atom is 0.416 e. The van der Waals surface area contributed by atoms with Gasteiger partial charge in [-0.15, -0.1) is 0 Å². The molecule has 1 rings (SSSR count).